The molecular weight excluding hydrogens is 232 g/mol. The quantitative estimate of drug-likeness (QED) is 0.688. The van der Waals surface area contributed by atoms with E-state index in [2.05, 4.69) is 15.9 Å². The SMILES string of the molecule is Oc1cc2c(c(Br)c1O)CCCC2. The van der Waals surface area contributed by atoms with Crippen molar-refractivity contribution < 1.29 is 10.2 Å². The molecule has 0 fully saturated rings. The molecule has 2 nitrogen and oxygen atoms in total. The molecule has 0 saturated carbocycles. The zero-order valence-electron chi connectivity index (χ0n) is 7.18. The smallest absolute Gasteiger partial charge is 0.172 e. The molecule has 1 aromatic carbocycles. The van der Waals surface area contributed by atoms with Crippen LogP contribution in [0, 0.1) is 0 Å². The van der Waals surface area contributed by atoms with Gasteiger partial charge in [-0.25, -0.2) is 0 Å². The van der Waals surface area contributed by atoms with Gasteiger partial charge in [-0.1, -0.05) is 0 Å². The van der Waals surface area contributed by atoms with Crippen LogP contribution in [0.4, 0.5) is 0 Å². The Labute approximate surface area is 85.3 Å². The summed E-state index contributed by atoms with van der Waals surface area (Å²) in [5.41, 5.74) is 2.31. The molecular formula is C10H11BrO2. The number of benzene rings is 1. The minimum Gasteiger partial charge on any atom is -0.504 e. The van der Waals surface area contributed by atoms with Gasteiger partial charge in [0.25, 0.3) is 0 Å². The molecule has 0 bridgehead atoms. The normalized spacial score (nSPS) is 15.5. The number of phenols is 2. The van der Waals surface area contributed by atoms with Gasteiger partial charge in [0.05, 0.1) is 4.47 Å². The zero-order chi connectivity index (χ0) is 9.42. The summed E-state index contributed by atoms with van der Waals surface area (Å²) in [7, 11) is 0. The van der Waals surface area contributed by atoms with Crippen LogP contribution < -0.4 is 0 Å². The predicted molar refractivity (Wildman–Crippen MR) is 54.1 cm³/mol. The van der Waals surface area contributed by atoms with E-state index in [0.29, 0.717) is 4.47 Å². The van der Waals surface area contributed by atoms with E-state index in [9.17, 15) is 10.2 Å². The van der Waals surface area contributed by atoms with Crippen molar-refractivity contribution in [3.63, 3.8) is 0 Å². The highest BCUT2D eigenvalue weighted by Gasteiger charge is 2.17. The molecule has 1 aliphatic carbocycles. The zero-order valence-corrected chi connectivity index (χ0v) is 8.76. The lowest BCUT2D eigenvalue weighted by Crippen LogP contribution is -2.03. The number of aryl methyl sites for hydroxylation is 1. The summed E-state index contributed by atoms with van der Waals surface area (Å²) in [6.07, 6.45) is 4.32. The molecule has 2 N–H and O–H groups in total. The molecule has 13 heavy (non-hydrogen) atoms. The summed E-state index contributed by atoms with van der Waals surface area (Å²) in [5, 5.41) is 18.8. The number of rotatable bonds is 0. The molecule has 0 atom stereocenters. The highest BCUT2D eigenvalue weighted by molar-refractivity contribution is 9.10. The van der Waals surface area contributed by atoms with E-state index in [1.165, 1.54) is 6.42 Å². The third-order valence-corrected chi connectivity index (χ3v) is 3.39. The van der Waals surface area contributed by atoms with Gasteiger partial charge in [0.2, 0.25) is 0 Å². The van der Waals surface area contributed by atoms with Crippen LogP contribution >= 0.6 is 15.9 Å². The highest BCUT2D eigenvalue weighted by Crippen LogP contribution is 2.40. The maximum atomic E-state index is 9.47. The lowest BCUT2D eigenvalue weighted by Gasteiger charge is -2.18. The largest absolute Gasteiger partial charge is 0.504 e. The second kappa shape index (κ2) is 3.22. The number of hydrogen-bond acceptors (Lipinski definition) is 2. The predicted octanol–water partition coefficient (Wildman–Crippen LogP) is 2.74. The van der Waals surface area contributed by atoms with Crippen LogP contribution in [0.25, 0.3) is 0 Å². The maximum Gasteiger partial charge on any atom is 0.172 e. The first-order valence-electron chi connectivity index (χ1n) is 4.42. The number of fused-ring (bicyclic) bond motifs is 1. The van der Waals surface area contributed by atoms with Crippen molar-refractivity contribution >= 4 is 15.9 Å². The molecule has 1 aliphatic rings. The fourth-order valence-electron chi connectivity index (χ4n) is 1.83. The third-order valence-electron chi connectivity index (χ3n) is 2.54. The summed E-state index contributed by atoms with van der Waals surface area (Å²) < 4.78 is 0.669. The van der Waals surface area contributed by atoms with E-state index in [-0.39, 0.29) is 11.5 Å². The number of phenolic OH excluding ortho intramolecular Hbond substituents is 2. The lowest BCUT2D eigenvalue weighted by molar-refractivity contribution is 0.399. The van der Waals surface area contributed by atoms with Crippen molar-refractivity contribution in [2.24, 2.45) is 0 Å². The van der Waals surface area contributed by atoms with Gasteiger partial charge in [0, 0.05) is 0 Å². The van der Waals surface area contributed by atoms with Gasteiger partial charge in [-0.2, -0.15) is 0 Å². The van der Waals surface area contributed by atoms with Gasteiger partial charge < -0.3 is 10.2 Å². The van der Waals surface area contributed by atoms with E-state index in [1.54, 1.807) is 6.07 Å². The van der Waals surface area contributed by atoms with Crippen molar-refractivity contribution in [3.05, 3.63) is 21.7 Å². The van der Waals surface area contributed by atoms with Crippen LogP contribution in [0.15, 0.2) is 10.5 Å². The Hall–Kier alpha value is -0.700. The van der Waals surface area contributed by atoms with E-state index in [4.69, 9.17) is 0 Å². The second-order valence-electron chi connectivity index (χ2n) is 3.40. The molecule has 0 spiro atoms. The first kappa shape index (κ1) is 8.88. The molecule has 0 radical (unpaired) electrons. The van der Waals surface area contributed by atoms with Crippen LogP contribution in [0.1, 0.15) is 24.0 Å². The van der Waals surface area contributed by atoms with Gasteiger partial charge in [-0.15, -0.1) is 0 Å². The van der Waals surface area contributed by atoms with Crippen molar-refractivity contribution in [1.82, 2.24) is 0 Å². The molecule has 0 amide bonds. The van der Waals surface area contributed by atoms with Gasteiger partial charge in [0.15, 0.2) is 11.5 Å². The number of hydrogen-bond donors (Lipinski definition) is 2. The molecule has 0 heterocycles. The van der Waals surface area contributed by atoms with Crippen LogP contribution in [0.5, 0.6) is 11.5 Å². The average molecular weight is 243 g/mol. The topological polar surface area (TPSA) is 40.5 Å². The summed E-state index contributed by atoms with van der Waals surface area (Å²) in [4.78, 5) is 0. The van der Waals surface area contributed by atoms with Gasteiger partial charge in [0.1, 0.15) is 0 Å². The minimum atomic E-state index is -0.0272. The Morgan fingerprint density at radius 2 is 1.85 bits per heavy atom. The van der Waals surface area contributed by atoms with Gasteiger partial charge >= 0.3 is 0 Å². The van der Waals surface area contributed by atoms with Crippen LogP contribution in [0.3, 0.4) is 0 Å². The third kappa shape index (κ3) is 1.41. The fourth-order valence-corrected chi connectivity index (χ4v) is 2.48. The Morgan fingerprint density at radius 3 is 2.62 bits per heavy atom. The summed E-state index contributed by atoms with van der Waals surface area (Å²) in [5.74, 6) is -0.0480. The molecule has 3 heteroatoms. The second-order valence-corrected chi connectivity index (χ2v) is 4.20. The van der Waals surface area contributed by atoms with Crippen molar-refractivity contribution in [2.45, 2.75) is 25.7 Å². The monoisotopic (exact) mass is 242 g/mol. The molecule has 2 rings (SSSR count). The molecule has 1 aromatic rings. The molecule has 0 aliphatic heterocycles. The first-order valence-corrected chi connectivity index (χ1v) is 5.21. The standard InChI is InChI=1S/C10H11BrO2/c11-9-7-4-2-1-3-6(7)5-8(12)10(9)13/h5,12-13H,1-4H2. The number of aromatic hydroxyl groups is 2. The Balaban J connectivity index is 2.60. The average Bonchev–Trinajstić information content (AvgIpc) is 2.15. The van der Waals surface area contributed by atoms with Crippen LogP contribution in [-0.4, -0.2) is 10.2 Å². The molecule has 0 aromatic heterocycles. The Morgan fingerprint density at radius 1 is 1.15 bits per heavy atom. The lowest BCUT2D eigenvalue weighted by atomic mass is 9.91. The van der Waals surface area contributed by atoms with E-state index in [0.717, 1.165) is 30.4 Å². The number of halogens is 1. The van der Waals surface area contributed by atoms with E-state index in [1.807, 2.05) is 0 Å². The Kier molecular flexibility index (Phi) is 2.20. The summed E-state index contributed by atoms with van der Waals surface area (Å²) in [6, 6.07) is 1.68. The highest BCUT2D eigenvalue weighted by atomic mass is 79.9. The van der Waals surface area contributed by atoms with E-state index >= 15 is 0 Å². The van der Waals surface area contributed by atoms with E-state index < -0.39 is 0 Å². The molecule has 0 saturated heterocycles. The van der Waals surface area contributed by atoms with Crippen molar-refractivity contribution in [3.8, 4) is 11.5 Å². The maximum absolute atomic E-state index is 9.47. The summed E-state index contributed by atoms with van der Waals surface area (Å²) in [6.45, 7) is 0. The van der Waals surface area contributed by atoms with Crippen molar-refractivity contribution in [1.29, 1.82) is 0 Å². The minimum absolute atomic E-state index is 0.0208. The first-order chi connectivity index (χ1) is 6.20. The van der Waals surface area contributed by atoms with Crippen LogP contribution in [-0.2, 0) is 12.8 Å². The van der Waals surface area contributed by atoms with Gasteiger partial charge in [-0.3, -0.25) is 0 Å². The molecule has 0 unspecified atom stereocenters. The molecule has 70 valence electrons. The van der Waals surface area contributed by atoms with Crippen molar-refractivity contribution in [2.75, 3.05) is 0 Å². The van der Waals surface area contributed by atoms with Gasteiger partial charge in [-0.05, 0) is 58.8 Å². The fraction of sp³-hybridized carbons (Fsp3) is 0.400. The van der Waals surface area contributed by atoms with Crippen LogP contribution in [0.2, 0.25) is 0 Å². The summed E-state index contributed by atoms with van der Waals surface area (Å²) >= 11 is 3.31. The Bertz CT molecular complexity index is 347.